The van der Waals surface area contributed by atoms with Crippen molar-refractivity contribution in [2.75, 3.05) is 11.4 Å². The quantitative estimate of drug-likeness (QED) is 0.601. The fourth-order valence-electron chi connectivity index (χ4n) is 2.94. The Morgan fingerprint density at radius 2 is 1.78 bits per heavy atom. The Kier molecular flexibility index (Phi) is 7.41. The minimum Gasteiger partial charge on any atom is -0.475 e. The monoisotopic (exact) mass is 464 g/mol. The number of nitrogens with one attached hydrogen (secondary N) is 1. The van der Waals surface area contributed by atoms with Crippen molar-refractivity contribution in [3.63, 3.8) is 0 Å². The maximum Gasteiger partial charge on any atom is 0.490 e. The van der Waals surface area contributed by atoms with Gasteiger partial charge in [0.25, 0.3) is 5.91 Å². The van der Waals surface area contributed by atoms with E-state index in [1.807, 2.05) is 30.3 Å². The number of thiazole rings is 1. The Labute approximate surface area is 185 Å². The molecule has 2 aromatic heterocycles. The van der Waals surface area contributed by atoms with Crippen molar-refractivity contribution in [3.8, 4) is 0 Å². The molecule has 0 bridgehead atoms. The van der Waals surface area contributed by atoms with E-state index in [0.717, 1.165) is 36.5 Å². The van der Waals surface area contributed by atoms with Crippen LogP contribution in [0.5, 0.6) is 0 Å². The number of halogens is 3. The van der Waals surface area contributed by atoms with Gasteiger partial charge in [-0.3, -0.25) is 9.78 Å². The lowest BCUT2D eigenvalue weighted by Gasteiger charge is -2.27. The minimum atomic E-state index is -5.08. The van der Waals surface area contributed by atoms with E-state index in [1.165, 1.54) is 16.2 Å². The van der Waals surface area contributed by atoms with Crippen molar-refractivity contribution in [1.82, 2.24) is 15.3 Å². The van der Waals surface area contributed by atoms with Crippen LogP contribution in [0.25, 0.3) is 0 Å². The number of hydrogen-bond donors (Lipinski definition) is 2. The lowest BCUT2D eigenvalue weighted by molar-refractivity contribution is -0.192. The molecule has 7 nitrogen and oxygen atoms in total. The first-order valence-electron chi connectivity index (χ1n) is 9.55. The highest BCUT2D eigenvalue weighted by Crippen LogP contribution is 2.36. The van der Waals surface area contributed by atoms with Crippen LogP contribution in [0.1, 0.15) is 26.7 Å². The number of carboxylic acid groups (broad SMARTS) is 1. The third-order valence-electron chi connectivity index (χ3n) is 4.42. The van der Waals surface area contributed by atoms with Gasteiger partial charge >= 0.3 is 12.1 Å². The second kappa shape index (κ2) is 10.2. The third kappa shape index (κ3) is 6.03. The summed E-state index contributed by atoms with van der Waals surface area (Å²) in [6.45, 7) is 1.41. The van der Waals surface area contributed by atoms with Gasteiger partial charge in [0.15, 0.2) is 5.01 Å². The number of rotatable bonds is 4. The van der Waals surface area contributed by atoms with E-state index in [0.29, 0.717) is 11.6 Å². The third-order valence-corrected chi connectivity index (χ3v) is 5.53. The summed E-state index contributed by atoms with van der Waals surface area (Å²) in [7, 11) is 0. The van der Waals surface area contributed by atoms with Gasteiger partial charge in [0.2, 0.25) is 0 Å². The maximum absolute atomic E-state index is 12.5. The van der Waals surface area contributed by atoms with Crippen LogP contribution in [0, 0.1) is 0 Å². The van der Waals surface area contributed by atoms with Gasteiger partial charge in [0.1, 0.15) is 5.82 Å². The van der Waals surface area contributed by atoms with Gasteiger partial charge in [-0.25, -0.2) is 9.78 Å². The van der Waals surface area contributed by atoms with Crippen molar-refractivity contribution < 1.29 is 27.9 Å². The first-order valence-corrected chi connectivity index (χ1v) is 10.4. The normalized spacial score (nSPS) is 12.9. The molecule has 3 aromatic rings. The molecule has 1 aliphatic heterocycles. The average Bonchev–Trinajstić information content (AvgIpc) is 3.23. The molecule has 0 saturated heterocycles. The van der Waals surface area contributed by atoms with E-state index >= 15 is 0 Å². The summed E-state index contributed by atoms with van der Waals surface area (Å²) < 4.78 is 31.7. The number of benzene rings is 1. The zero-order valence-corrected chi connectivity index (χ0v) is 17.5. The lowest BCUT2D eigenvalue weighted by atomic mass is 10.1. The zero-order valence-electron chi connectivity index (χ0n) is 16.7. The maximum atomic E-state index is 12.5. The second-order valence-electron chi connectivity index (χ2n) is 6.70. The Balaban J connectivity index is 0.000000360. The van der Waals surface area contributed by atoms with E-state index in [2.05, 4.69) is 32.3 Å². The summed E-state index contributed by atoms with van der Waals surface area (Å²) in [5.74, 6) is -1.95. The molecule has 4 rings (SSSR count). The molecule has 0 unspecified atom stereocenters. The molecule has 0 radical (unpaired) electrons. The summed E-state index contributed by atoms with van der Waals surface area (Å²) in [4.78, 5) is 33.4. The van der Waals surface area contributed by atoms with Gasteiger partial charge in [0.05, 0.1) is 0 Å². The molecular formula is C21H19F3N4O3S. The number of carbonyl (C=O) groups excluding carboxylic acids is 1. The molecule has 0 aliphatic carbocycles. The topological polar surface area (TPSA) is 95.4 Å². The summed E-state index contributed by atoms with van der Waals surface area (Å²) in [6, 6.07) is 14.0. The van der Waals surface area contributed by atoms with Crippen LogP contribution in [-0.4, -0.2) is 39.7 Å². The Hall–Kier alpha value is -3.47. The largest absolute Gasteiger partial charge is 0.490 e. The van der Waals surface area contributed by atoms with E-state index in [9.17, 15) is 18.0 Å². The molecule has 1 aliphatic rings. The van der Waals surface area contributed by atoms with Gasteiger partial charge in [-0.2, -0.15) is 13.2 Å². The molecule has 0 atom stereocenters. The first-order chi connectivity index (χ1) is 15.3. The fraction of sp³-hybridized carbons (Fsp3) is 0.238. The van der Waals surface area contributed by atoms with Crippen LogP contribution in [0.3, 0.4) is 0 Å². The van der Waals surface area contributed by atoms with E-state index in [-0.39, 0.29) is 5.91 Å². The predicted molar refractivity (Wildman–Crippen MR) is 113 cm³/mol. The molecule has 3 heterocycles. The second-order valence-corrected chi connectivity index (χ2v) is 7.78. The number of carbonyl (C=O) groups is 2. The van der Waals surface area contributed by atoms with Crippen LogP contribution in [0.4, 0.5) is 24.7 Å². The molecule has 11 heteroatoms. The molecule has 1 amide bonds. The number of aryl methyl sites for hydroxylation is 1. The Morgan fingerprint density at radius 3 is 2.41 bits per heavy atom. The molecule has 0 saturated carbocycles. The van der Waals surface area contributed by atoms with Gasteiger partial charge in [-0.15, -0.1) is 11.3 Å². The molecular weight excluding hydrogens is 445 g/mol. The van der Waals surface area contributed by atoms with Crippen molar-refractivity contribution in [2.24, 2.45) is 0 Å². The SMILES string of the molecule is O=C(NCc1ccncc1)c1nc2c(s1)CCCN2c1ccccc1.O=C(O)C(F)(F)F. The van der Waals surface area contributed by atoms with E-state index in [4.69, 9.17) is 9.90 Å². The highest BCUT2D eigenvalue weighted by molar-refractivity contribution is 7.14. The number of amides is 1. The van der Waals surface area contributed by atoms with Crippen LogP contribution in [0.15, 0.2) is 54.9 Å². The number of anilines is 2. The fourth-order valence-corrected chi connectivity index (χ4v) is 3.96. The van der Waals surface area contributed by atoms with E-state index < -0.39 is 12.1 Å². The van der Waals surface area contributed by atoms with Gasteiger partial charge < -0.3 is 15.3 Å². The number of hydrogen-bond acceptors (Lipinski definition) is 6. The summed E-state index contributed by atoms with van der Waals surface area (Å²) in [5, 5.41) is 10.6. The Morgan fingerprint density at radius 1 is 1.12 bits per heavy atom. The van der Waals surface area contributed by atoms with Crippen LogP contribution in [-0.2, 0) is 17.8 Å². The summed E-state index contributed by atoms with van der Waals surface area (Å²) in [6.07, 6.45) is 0.415. The van der Waals surface area contributed by atoms with Crippen LogP contribution < -0.4 is 10.2 Å². The average molecular weight is 464 g/mol. The molecule has 0 fully saturated rings. The van der Waals surface area contributed by atoms with Gasteiger partial charge in [-0.05, 0) is 42.7 Å². The van der Waals surface area contributed by atoms with Crippen molar-refractivity contribution in [1.29, 1.82) is 0 Å². The summed E-state index contributed by atoms with van der Waals surface area (Å²) >= 11 is 1.50. The van der Waals surface area contributed by atoms with Gasteiger partial charge in [-0.1, -0.05) is 18.2 Å². The number of alkyl halides is 3. The minimum absolute atomic E-state index is 0.121. The van der Waals surface area contributed by atoms with Crippen LogP contribution in [0.2, 0.25) is 0 Å². The number of pyridine rings is 1. The highest BCUT2D eigenvalue weighted by Gasteiger charge is 2.38. The van der Waals surface area contributed by atoms with Crippen molar-refractivity contribution in [3.05, 3.63) is 70.3 Å². The van der Waals surface area contributed by atoms with Gasteiger partial charge in [0, 0.05) is 36.0 Å². The molecule has 32 heavy (non-hydrogen) atoms. The predicted octanol–water partition coefficient (Wildman–Crippen LogP) is 4.19. The number of nitrogens with zero attached hydrogens (tertiary/aromatic N) is 3. The zero-order chi connectivity index (χ0) is 23.1. The van der Waals surface area contributed by atoms with Crippen LogP contribution >= 0.6 is 11.3 Å². The molecule has 1 aromatic carbocycles. The first kappa shape index (κ1) is 23.2. The van der Waals surface area contributed by atoms with E-state index in [1.54, 1.807) is 12.4 Å². The number of carboxylic acids is 1. The number of aromatic nitrogens is 2. The standard InChI is InChI=1S/C19H18N4OS.C2HF3O2/c24-18(21-13-14-8-10-20-11-9-14)19-22-17-16(25-19)7-4-12-23(17)15-5-2-1-3-6-15;3-2(4,5)1(6)7/h1-3,5-6,8-11H,4,7,12-13H2,(H,21,24);(H,6,7). The molecule has 2 N–H and O–H groups in total. The number of para-hydroxylation sites is 1. The molecule has 0 spiro atoms. The smallest absolute Gasteiger partial charge is 0.475 e. The Bertz CT molecular complexity index is 1060. The number of fused-ring (bicyclic) bond motifs is 1. The number of aliphatic carboxylic acids is 1. The summed E-state index contributed by atoms with van der Waals surface area (Å²) in [5.41, 5.74) is 2.15. The highest BCUT2D eigenvalue weighted by atomic mass is 32.1. The lowest BCUT2D eigenvalue weighted by Crippen LogP contribution is -2.25. The molecule has 168 valence electrons. The van der Waals surface area contributed by atoms with Crippen molar-refractivity contribution >= 4 is 34.7 Å². The van der Waals surface area contributed by atoms with Crippen molar-refractivity contribution in [2.45, 2.75) is 25.6 Å².